The maximum atomic E-state index is 13.1. The number of nitrogens with one attached hydrogen (secondary N) is 1. The summed E-state index contributed by atoms with van der Waals surface area (Å²) < 4.78 is 14.6. The van der Waals surface area contributed by atoms with Crippen molar-refractivity contribution in [2.75, 3.05) is 5.43 Å². The standard InChI is InChI=1S/C21H14FN3O2/c22-15-11-9-14(10-12-15)20(26)16-5-1-2-6-17(16)21(27)24-25-13-23-18-7-3-4-8-19(18)25/h1-13H,(H,24,27). The van der Waals surface area contributed by atoms with E-state index in [1.165, 1.54) is 35.3 Å². The highest BCUT2D eigenvalue weighted by Gasteiger charge is 2.18. The molecule has 1 aromatic heterocycles. The topological polar surface area (TPSA) is 64.0 Å². The van der Waals surface area contributed by atoms with Crippen molar-refractivity contribution in [3.63, 3.8) is 0 Å². The van der Waals surface area contributed by atoms with Gasteiger partial charge in [0.2, 0.25) is 0 Å². The lowest BCUT2D eigenvalue weighted by Gasteiger charge is -2.11. The van der Waals surface area contributed by atoms with Gasteiger partial charge < -0.3 is 0 Å². The summed E-state index contributed by atoms with van der Waals surface area (Å²) in [6.07, 6.45) is 1.51. The molecule has 0 unspecified atom stereocenters. The second-order valence-electron chi connectivity index (χ2n) is 5.93. The van der Waals surface area contributed by atoms with E-state index in [4.69, 9.17) is 0 Å². The number of ketones is 1. The van der Waals surface area contributed by atoms with Crippen molar-refractivity contribution >= 4 is 22.7 Å². The highest BCUT2D eigenvalue weighted by Crippen LogP contribution is 2.17. The minimum atomic E-state index is -0.441. The molecule has 0 saturated carbocycles. The molecule has 0 radical (unpaired) electrons. The van der Waals surface area contributed by atoms with E-state index in [-0.39, 0.29) is 16.9 Å². The molecule has 4 rings (SSSR count). The Balaban J connectivity index is 1.67. The monoisotopic (exact) mass is 359 g/mol. The molecule has 0 atom stereocenters. The summed E-state index contributed by atoms with van der Waals surface area (Å²) >= 11 is 0. The fraction of sp³-hybridized carbons (Fsp3) is 0. The predicted molar refractivity (Wildman–Crippen MR) is 99.7 cm³/mol. The number of amides is 1. The molecule has 1 heterocycles. The number of hydrogen-bond acceptors (Lipinski definition) is 3. The van der Waals surface area contributed by atoms with Crippen molar-refractivity contribution in [2.45, 2.75) is 0 Å². The lowest BCUT2D eigenvalue weighted by Crippen LogP contribution is -2.24. The Labute approximate surface area is 154 Å². The van der Waals surface area contributed by atoms with Crippen LogP contribution in [0.1, 0.15) is 26.3 Å². The summed E-state index contributed by atoms with van der Waals surface area (Å²) in [5, 5.41) is 0. The Morgan fingerprint density at radius 2 is 1.52 bits per heavy atom. The molecule has 0 aliphatic heterocycles. The Morgan fingerprint density at radius 3 is 2.30 bits per heavy atom. The third kappa shape index (κ3) is 3.20. The normalized spacial score (nSPS) is 10.7. The maximum absolute atomic E-state index is 13.1. The first kappa shape index (κ1) is 16.7. The molecular formula is C21H14FN3O2. The SMILES string of the molecule is O=C(Nn1cnc2ccccc21)c1ccccc1C(=O)c1ccc(F)cc1. The molecule has 1 N–H and O–H groups in total. The summed E-state index contributed by atoms with van der Waals surface area (Å²) in [6.45, 7) is 0. The van der Waals surface area contributed by atoms with Crippen LogP contribution < -0.4 is 5.43 Å². The summed E-state index contributed by atoms with van der Waals surface area (Å²) in [7, 11) is 0. The number of nitrogens with zero attached hydrogens (tertiary/aromatic N) is 2. The molecule has 5 nitrogen and oxygen atoms in total. The van der Waals surface area contributed by atoms with Crippen molar-refractivity contribution in [1.29, 1.82) is 0 Å². The van der Waals surface area contributed by atoms with Gasteiger partial charge >= 0.3 is 0 Å². The van der Waals surface area contributed by atoms with Gasteiger partial charge in [0.1, 0.15) is 12.1 Å². The van der Waals surface area contributed by atoms with Gasteiger partial charge in [-0.05, 0) is 42.5 Å². The molecule has 0 saturated heterocycles. The van der Waals surface area contributed by atoms with Crippen LogP contribution in [0, 0.1) is 5.82 Å². The van der Waals surface area contributed by atoms with E-state index < -0.39 is 11.7 Å². The van der Waals surface area contributed by atoms with Crippen LogP contribution in [-0.2, 0) is 0 Å². The maximum Gasteiger partial charge on any atom is 0.270 e. The van der Waals surface area contributed by atoms with Gasteiger partial charge in [-0.25, -0.2) is 14.1 Å². The van der Waals surface area contributed by atoms with Crippen LogP contribution in [0.25, 0.3) is 11.0 Å². The van der Waals surface area contributed by atoms with Gasteiger partial charge in [-0.15, -0.1) is 0 Å². The number of rotatable bonds is 4. The van der Waals surface area contributed by atoms with Gasteiger partial charge in [0, 0.05) is 11.1 Å². The van der Waals surface area contributed by atoms with Crippen molar-refractivity contribution < 1.29 is 14.0 Å². The van der Waals surface area contributed by atoms with Crippen LogP contribution in [0.2, 0.25) is 0 Å². The molecule has 0 fully saturated rings. The largest absolute Gasteiger partial charge is 0.289 e. The molecule has 1 amide bonds. The first-order valence-corrected chi connectivity index (χ1v) is 8.26. The number of carbonyl (C=O) groups is 2. The number of hydrogen-bond donors (Lipinski definition) is 1. The average Bonchev–Trinajstić information content (AvgIpc) is 3.11. The van der Waals surface area contributed by atoms with Crippen molar-refractivity contribution in [2.24, 2.45) is 0 Å². The second-order valence-corrected chi connectivity index (χ2v) is 5.93. The Bertz CT molecular complexity index is 1150. The fourth-order valence-electron chi connectivity index (χ4n) is 2.85. The van der Waals surface area contributed by atoms with E-state index in [9.17, 15) is 14.0 Å². The number of carbonyl (C=O) groups excluding carboxylic acids is 2. The molecule has 0 spiro atoms. The molecule has 27 heavy (non-hydrogen) atoms. The Kier molecular flexibility index (Phi) is 4.22. The van der Waals surface area contributed by atoms with Crippen LogP contribution in [0.3, 0.4) is 0 Å². The summed E-state index contributed by atoms with van der Waals surface area (Å²) in [5.41, 5.74) is 5.01. The van der Waals surface area contributed by atoms with E-state index >= 15 is 0 Å². The number of benzene rings is 3. The van der Waals surface area contributed by atoms with Gasteiger partial charge in [-0.1, -0.05) is 30.3 Å². The van der Waals surface area contributed by atoms with Gasteiger partial charge in [-0.3, -0.25) is 15.0 Å². The summed E-state index contributed by atoms with van der Waals surface area (Å²) in [5.74, 6) is -1.22. The van der Waals surface area contributed by atoms with Gasteiger partial charge in [-0.2, -0.15) is 0 Å². The number of aromatic nitrogens is 2. The van der Waals surface area contributed by atoms with Gasteiger partial charge in [0.25, 0.3) is 5.91 Å². The van der Waals surface area contributed by atoms with E-state index in [1.54, 1.807) is 24.3 Å². The molecule has 132 valence electrons. The number of para-hydroxylation sites is 2. The molecule has 3 aromatic carbocycles. The quantitative estimate of drug-likeness (QED) is 0.564. The van der Waals surface area contributed by atoms with Crippen LogP contribution in [0.5, 0.6) is 0 Å². The number of imidazole rings is 1. The lowest BCUT2D eigenvalue weighted by atomic mass is 9.98. The van der Waals surface area contributed by atoms with Crippen molar-refractivity contribution in [1.82, 2.24) is 9.66 Å². The van der Waals surface area contributed by atoms with E-state index in [0.29, 0.717) is 5.56 Å². The molecule has 4 aromatic rings. The lowest BCUT2D eigenvalue weighted by molar-refractivity contribution is 0.0987. The van der Waals surface area contributed by atoms with E-state index in [2.05, 4.69) is 10.4 Å². The smallest absolute Gasteiger partial charge is 0.270 e. The van der Waals surface area contributed by atoms with Crippen LogP contribution in [0.15, 0.2) is 79.1 Å². The first-order chi connectivity index (χ1) is 13.1. The van der Waals surface area contributed by atoms with Crippen LogP contribution in [0.4, 0.5) is 4.39 Å². The van der Waals surface area contributed by atoms with Crippen molar-refractivity contribution in [3.8, 4) is 0 Å². The zero-order chi connectivity index (χ0) is 18.8. The summed E-state index contributed by atoms with van der Waals surface area (Å²) in [6, 6.07) is 19.1. The number of fused-ring (bicyclic) bond motifs is 1. The Morgan fingerprint density at radius 1 is 0.852 bits per heavy atom. The fourth-order valence-corrected chi connectivity index (χ4v) is 2.85. The zero-order valence-electron chi connectivity index (χ0n) is 14.1. The number of halogens is 1. The molecule has 0 aliphatic rings. The Hall–Kier alpha value is -3.80. The zero-order valence-corrected chi connectivity index (χ0v) is 14.1. The highest BCUT2D eigenvalue weighted by atomic mass is 19.1. The second kappa shape index (κ2) is 6.84. The molecular weight excluding hydrogens is 345 g/mol. The minimum absolute atomic E-state index is 0.226. The third-order valence-electron chi connectivity index (χ3n) is 4.20. The minimum Gasteiger partial charge on any atom is -0.289 e. The highest BCUT2D eigenvalue weighted by molar-refractivity contribution is 6.16. The van der Waals surface area contributed by atoms with Gasteiger partial charge in [0.05, 0.1) is 16.6 Å². The van der Waals surface area contributed by atoms with Crippen LogP contribution in [-0.4, -0.2) is 21.4 Å². The van der Waals surface area contributed by atoms with Gasteiger partial charge in [0.15, 0.2) is 5.78 Å². The molecule has 6 heteroatoms. The summed E-state index contributed by atoms with van der Waals surface area (Å²) in [4.78, 5) is 29.8. The predicted octanol–water partition coefficient (Wildman–Crippen LogP) is 3.79. The average molecular weight is 359 g/mol. The molecule has 0 aliphatic carbocycles. The first-order valence-electron chi connectivity index (χ1n) is 8.26. The third-order valence-corrected chi connectivity index (χ3v) is 4.20. The van der Waals surface area contributed by atoms with E-state index in [1.807, 2.05) is 24.3 Å². The van der Waals surface area contributed by atoms with Crippen molar-refractivity contribution in [3.05, 3.63) is 102 Å². The van der Waals surface area contributed by atoms with E-state index in [0.717, 1.165) is 11.0 Å². The molecule has 0 bridgehead atoms. The van der Waals surface area contributed by atoms with Crippen LogP contribution >= 0.6 is 0 Å².